The number of nitrogens with zero attached hydrogens (tertiary/aromatic N) is 1. The maximum Gasteiger partial charge on any atom is 0.341 e. The summed E-state index contributed by atoms with van der Waals surface area (Å²) >= 11 is 0. The molecule has 1 N–H and O–H groups in total. The van der Waals surface area contributed by atoms with E-state index in [1.54, 1.807) is 7.05 Å². The number of benzene rings is 1. The minimum Gasteiger partial charge on any atom is -0.388 e. The molecule has 0 spiro atoms. The molecule has 1 saturated carbocycles. The second-order valence-electron chi connectivity index (χ2n) is 5.59. The highest BCUT2D eigenvalue weighted by Crippen LogP contribution is 2.31. The summed E-state index contributed by atoms with van der Waals surface area (Å²) in [5, 5.41) is 10.3. The lowest BCUT2D eigenvalue weighted by molar-refractivity contribution is 0.0559. The molecule has 0 atom stereocenters. The first-order valence-corrected chi connectivity index (χ1v) is 8.35. The summed E-state index contributed by atoms with van der Waals surface area (Å²) in [6.07, 6.45) is 3.48. The van der Waals surface area contributed by atoms with E-state index < -0.39 is 26.1 Å². The van der Waals surface area contributed by atoms with Gasteiger partial charge in [0, 0.05) is 19.3 Å². The summed E-state index contributed by atoms with van der Waals surface area (Å²) in [4.78, 5) is 1.42. The van der Waals surface area contributed by atoms with Crippen LogP contribution in [0, 0.1) is 0 Å². The van der Waals surface area contributed by atoms with E-state index in [2.05, 4.69) is 0 Å². The van der Waals surface area contributed by atoms with E-state index >= 15 is 0 Å². The number of likely N-dealkylation sites (N-methyl/N-ethyl adjacent to an activating group) is 1. The maximum absolute atomic E-state index is 12.4. The van der Waals surface area contributed by atoms with Crippen molar-refractivity contribution in [3.63, 3.8) is 0 Å². The van der Waals surface area contributed by atoms with Gasteiger partial charge in [-0.1, -0.05) is 12.8 Å². The van der Waals surface area contributed by atoms with Gasteiger partial charge < -0.3 is 10.0 Å². The molecular weight excluding hydrogens is 300 g/mol. The summed E-state index contributed by atoms with van der Waals surface area (Å²) in [6, 6.07) is 5.30. The largest absolute Gasteiger partial charge is 0.388 e. The minimum absolute atomic E-state index is 0.394. The zero-order valence-electron chi connectivity index (χ0n) is 11.8. The lowest BCUT2D eigenvalue weighted by Crippen LogP contribution is -2.39. The fourth-order valence-corrected chi connectivity index (χ4v) is 3.44. The molecule has 1 fully saturated rings. The SMILES string of the molecule is CN(CC1(O)CCCC1)c1ccc(S(=O)(=O)C(F)F)cc1. The van der Waals surface area contributed by atoms with Gasteiger partial charge in [0.25, 0.3) is 0 Å². The van der Waals surface area contributed by atoms with Gasteiger partial charge in [0.15, 0.2) is 0 Å². The Morgan fingerprint density at radius 2 is 1.76 bits per heavy atom. The molecule has 0 saturated heterocycles. The molecule has 0 radical (unpaired) electrons. The highest BCUT2D eigenvalue weighted by molar-refractivity contribution is 7.91. The Labute approximate surface area is 123 Å². The molecule has 1 aliphatic carbocycles. The van der Waals surface area contributed by atoms with Crippen LogP contribution in [-0.2, 0) is 9.84 Å². The highest BCUT2D eigenvalue weighted by atomic mass is 32.2. The topological polar surface area (TPSA) is 57.6 Å². The van der Waals surface area contributed by atoms with Crippen LogP contribution in [0.3, 0.4) is 0 Å². The van der Waals surface area contributed by atoms with Crippen molar-refractivity contribution in [2.45, 2.75) is 41.9 Å². The number of rotatable bonds is 5. The van der Waals surface area contributed by atoms with E-state index in [9.17, 15) is 22.3 Å². The Hall–Kier alpha value is -1.21. The molecule has 7 heteroatoms. The first kappa shape index (κ1) is 16.2. The summed E-state index contributed by atoms with van der Waals surface area (Å²) in [5.74, 6) is -3.42. The molecule has 0 unspecified atom stereocenters. The number of anilines is 1. The second kappa shape index (κ2) is 5.88. The first-order chi connectivity index (χ1) is 9.74. The van der Waals surface area contributed by atoms with Gasteiger partial charge in [-0.05, 0) is 37.1 Å². The van der Waals surface area contributed by atoms with Crippen molar-refractivity contribution in [2.24, 2.45) is 0 Å². The molecule has 1 aromatic carbocycles. The van der Waals surface area contributed by atoms with Gasteiger partial charge in [0.2, 0.25) is 9.84 Å². The minimum atomic E-state index is -4.56. The zero-order valence-corrected chi connectivity index (χ0v) is 12.6. The van der Waals surface area contributed by atoms with Crippen LogP contribution in [0.4, 0.5) is 14.5 Å². The summed E-state index contributed by atoms with van der Waals surface area (Å²) in [5.41, 5.74) is -0.0359. The molecular formula is C14H19F2NO3S. The van der Waals surface area contributed by atoms with Gasteiger partial charge in [-0.2, -0.15) is 8.78 Å². The average molecular weight is 319 g/mol. The molecule has 1 aromatic rings. The van der Waals surface area contributed by atoms with Crippen molar-refractivity contribution < 1.29 is 22.3 Å². The monoisotopic (exact) mass is 319 g/mol. The molecule has 0 aliphatic heterocycles. The summed E-state index contributed by atoms with van der Waals surface area (Å²) < 4.78 is 47.6. The molecule has 118 valence electrons. The third-order valence-corrected chi connectivity index (χ3v) is 5.30. The van der Waals surface area contributed by atoms with Crippen LogP contribution in [0.15, 0.2) is 29.2 Å². The number of hydrogen-bond acceptors (Lipinski definition) is 4. The lowest BCUT2D eigenvalue weighted by atomic mass is 10.0. The van der Waals surface area contributed by atoms with Gasteiger partial charge in [-0.25, -0.2) is 8.42 Å². The Morgan fingerprint density at radius 1 is 1.24 bits per heavy atom. The van der Waals surface area contributed by atoms with Gasteiger partial charge in [-0.3, -0.25) is 0 Å². The van der Waals surface area contributed by atoms with Gasteiger partial charge in [0.05, 0.1) is 10.5 Å². The first-order valence-electron chi connectivity index (χ1n) is 6.80. The van der Waals surface area contributed by atoms with Gasteiger partial charge >= 0.3 is 5.76 Å². The fourth-order valence-electron chi connectivity index (χ4n) is 2.72. The fraction of sp³-hybridized carbons (Fsp3) is 0.571. The molecule has 2 rings (SSSR count). The average Bonchev–Trinajstić information content (AvgIpc) is 2.85. The van der Waals surface area contributed by atoms with Gasteiger partial charge in [0.1, 0.15) is 0 Å². The molecule has 4 nitrogen and oxygen atoms in total. The Bertz CT molecular complexity index is 581. The normalized spacial score (nSPS) is 18.1. The number of sulfone groups is 1. The molecule has 0 heterocycles. The van der Waals surface area contributed by atoms with E-state index in [1.807, 2.05) is 4.90 Å². The third kappa shape index (κ3) is 3.52. The van der Waals surface area contributed by atoms with Crippen LogP contribution in [0.5, 0.6) is 0 Å². The van der Waals surface area contributed by atoms with Crippen LogP contribution in [0.1, 0.15) is 25.7 Å². The smallest absolute Gasteiger partial charge is 0.341 e. The Balaban J connectivity index is 2.12. The predicted molar refractivity (Wildman–Crippen MR) is 76.3 cm³/mol. The van der Waals surface area contributed by atoms with Crippen LogP contribution in [0.2, 0.25) is 0 Å². The standard InChI is InChI=1S/C14H19F2NO3S/c1-17(10-14(18)8-2-3-9-14)11-4-6-12(7-5-11)21(19,20)13(15)16/h4-7,13,18H,2-3,8-10H2,1H3. The van der Waals surface area contributed by atoms with Crippen molar-refractivity contribution in [2.75, 3.05) is 18.5 Å². The maximum atomic E-state index is 12.4. The van der Waals surface area contributed by atoms with Crippen molar-refractivity contribution in [3.05, 3.63) is 24.3 Å². The number of halogens is 2. The van der Waals surface area contributed by atoms with E-state index in [0.29, 0.717) is 12.2 Å². The molecule has 21 heavy (non-hydrogen) atoms. The Morgan fingerprint density at radius 3 is 2.24 bits per heavy atom. The van der Waals surface area contributed by atoms with Crippen LogP contribution in [-0.4, -0.2) is 38.5 Å². The third-order valence-electron chi connectivity index (χ3n) is 3.91. The van der Waals surface area contributed by atoms with Crippen molar-refractivity contribution >= 4 is 15.5 Å². The number of hydrogen-bond donors (Lipinski definition) is 1. The molecule has 1 aliphatic rings. The van der Waals surface area contributed by atoms with Crippen molar-refractivity contribution in [1.29, 1.82) is 0 Å². The second-order valence-corrected chi connectivity index (χ2v) is 7.50. The molecule has 0 amide bonds. The summed E-state index contributed by atoms with van der Waals surface area (Å²) in [7, 11) is -2.77. The van der Waals surface area contributed by atoms with E-state index in [-0.39, 0.29) is 0 Å². The van der Waals surface area contributed by atoms with Crippen molar-refractivity contribution in [1.82, 2.24) is 0 Å². The predicted octanol–water partition coefficient (Wildman–Crippen LogP) is 2.42. The summed E-state index contributed by atoms with van der Waals surface area (Å²) in [6.45, 7) is 0.438. The zero-order chi connectivity index (χ0) is 15.7. The van der Waals surface area contributed by atoms with Crippen LogP contribution >= 0.6 is 0 Å². The van der Waals surface area contributed by atoms with Crippen LogP contribution < -0.4 is 4.90 Å². The number of alkyl halides is 2. The van der Waals surface area contributed by atoms with Gasteiger partial charge in [-0.15, -0.1) is 0 Å². The lowest BCUT2D eigenvalue weighted by Gasteiger charge is -2.30. The quantitative estimate of drug-likeness (QED) is 0.905. The van der Waals surface area contributed by atoms with Crippen LogP contribution in [0.25, 0.3) is 0 Å². The van der Waals surface area contributed by atoms with E-state index in [1.165, 1.54) is 24.3 Å². The highest BCUT2D eigenvalue weighted by Gasteiger charge is 2.32. The molecule has 0 aromatic heterocycles. The Kier molecular flexibility index (Phi) is 4.53. The van der Waals surface area contributed by atoms with Crippen molar-refractivity contribution in [3.8, 4) is 0 Å². The van der Waals surface area contributed by atoms with E-state index in [4.69, 9.17) is 0 Å². The number of aliphatic hydroxyl groups is 1. The van der Waals surface area contributed by atoms with E-state index in [0.717, 1.165) is 25.7 Å². The molecule has 0 bridgehead atoms.